The number of hydrogen-bond acceptors (Lipinski definition) is 4. The quantitative estimate of drug-likeness (QED) is 0.832. The van der Waals surface area contributed by atoms with Gasteiger partial charge in [-0.05, 0) is 36.7 Å². The molecule has 0 aromatic carbocycles. The lowest BCUT2D eigenvalue weighted by molar-refractivity contribution is -0.00717. The van der Waals surface area contributed by atoms with E-state index in [1.165, 1.54) is 18.8 Å². The standard InChI is InChI=1S/C15H22N2O2/c1-10-4-13(7-15(2,3)6-10)19-14(18)11-5-12(16)9-17-8-11/h5,8-10,13H,4,6-7,16H2,1-3H3. The average Bonchev–Trinajstić information content (AvgIpc) is 2.25. The number of nitrogen functional groups attached to an aromatic ring is 1. The summed E-state index contributed by atoms with van der Waals surface area (Å²) in [6, 6.07) is 1.60. The third kappa shape index (κ3) is 3.69. The van der Waals surface area contributed by atoms with Gasteiger partial charge in [-0.2, -0.15) is 0 Å². The van der Waals surface area contributed by atoms with Gasteiger partial charge in [0.2, 0.25) is 0 Å². The summed E-state index contributed by atoms with van der Waals surface area (Å²) in [4.78, 5) is 16.0. The van der Waals surface area contributed by atoms with Crippen LogP contribution in [0, 0.1) is 11.3 Å². The van der Waals surface area contributed by atoms with Crippen LogP contribution in [0.25, 0.3) is 0 Å². The Balaban J connectivity index is 2.03. The Labute approximate surface area is 114 Å². The van der Waals surface area contributed by atoms with Crippen molar-refractivity contribution in [1.82, 2.24) is 4.98 Å². The molecule has 4 heteroatoms. The molecule has 0 amide bonds. The van der Waals surface area contributed by atoms with Gasteiger partial charge in [0.15, 0.2) is 0 Å². The second kappa shape index (κ2) is 5.19. The third-order valence-electron chi connectivity index (χ3n) is 3.62. The molecule has 1 fully saturated rings. The molecule has 1 saturated carbocycles. The van der Waals surface area contributed by atoms with Gasteiger partial charge in [-0.15, -0.1) is 0 Å². The van der Waals surface area contributed by atoms with E-state index in [0.717, 1.165) is 12.8 Å². The van der Waals surface area contributed by atoms with Crippen molar-refractivity contribution < 1.29 is 9.53 Å². The van der Waals surface area contributed by atoms with Crippen molar-refractivity contribution >= 4 is 11.7 Å². The zero-order valence-corrected chi connectivity index (χ0v) is 11.8. The van der Waals surface area contributed by atoms with Gasteiger partial charge in [0.25, 0.3) is 0 Å². The lowest BCUT2D eigenvalue weighted by atomic mass is 9.71. The molecule has 4 nitrogen and oxygen atoms in total. The maximum absolute atomic E-state index is 12.1. The summed E-state index contributed by atoms with van der Waals surface area (Å²) >= 11 is 0. The number of carbonyl (C=O) groups is 1. The molecule has 1 aliphatic carbocycles. The largest absolute Gasteiger partial charge is 0.459 e. The molecule has 19 heavy (non-hydrogen) atoms. The van der Waals surface area contributed by atoms with Crippen molar-refractivity contribution in [2.75, 3.05) is 5.73 Å². The SMILES string of the molecule is CC1CC(OC(=O)c2cncc(N)c2)CC(C)(C)C1. The fraction of sp³-hybridized carbons (Fsp3) is 0.600. The molecule has 104 valence electrons. The number of carbonyl (C=O) groups excluding carboxylic acids is 1. The maximum Gasteiger partial charge on any atom is 0.340 e. The fourth-order valence-corrected chi connectivity index (χ4v) is 3.14. The molecular weight excluding hydrogens is 240 g/mol. The number of aromatic nitrogens is 1. The highest BCUT2D eigenvalue weighted by Gasteiger charge is 2.34. The Morgan fingerprint density at radius 2 is 2.16 bits per heavy atom. The number of hydrogen-bond donors (Lipinski definition) is 1. The summed E-state index contributed by atoms with van der Waals surface area (Å²) in [5, 5.41) is 0. The first kappa shape index (κ1) is 13.8. The maximum atomic E-state index is 12.1. The van der Waals surface area contributed by atoms with E-state index in [9.17, 15) is 4.79 Å². The summed E-state index contributed by atoms with van der Waals surface area (Å²) in [7, 11) is 0. The zero-order chi connectivity index (χ0) is 14.0. The molecule has 0 saturated heterocycles. The normalized spacial score (nSPS) is 25.8. The molecule has 0 radical (unpaired) electrons. The predicted molar refractivity (Wildman–Crippen MR) is 74.6 cm³/mol. The van der Waals surface area contributed by atoms with Gasteiger partial charge in [-0.3, -0.25) is 4.98 Å². The second-order valence-electron chi connectivity index (χ2n) is 6.45. The van der Waals surface area contributed by atoms with Crippen molar-refractivity contribution in [3.63, 3.8) is 0 Å². The number of anilines is 1. The zero-order valence-electron chi connectivity index (χ0n) is 11.8. The summed E-state index contributed by atoms with van der Waals surface area (Å²) in [6.45, 7) is 6.67. The van der Waals surface area contributed by atoms with Crippen LogP contribution in [0.2, 0.25) is 0 Å². The van der Waals surface area contributed by atoms with Crippen molar-refractivity contribution in [1.29, 1.82) is 0 Å². The number of pyridine rings is 1. The van der Waals surface area contributed by atoms with E-state index in [2.05, 4.69) is 25.8 Å². The van der Waals surface area contributed by atoms with E-state index in [1.54, 1.807) is 6.07 Å². The highest BCUT2D eigenvalue weighted by molar-refractivity contribution is 5.90. The first-order chi connectivity index (χ1) is 8.85. The summed E-state index contributed by atoms with van der Waals surface area (Å²) in [5.41, 5.74) is 6.76. The smallest absolute Gasteiger partial charge is 0.340 e. The van der Waals surface area contributed by atoms with E-state index in [1.807, 2.05) is 0 Å². The van der Waals surface area contributed by atoms with Crippen LogP contribution in [0.5, 0.6) is 0 Å². The van der Waals surface area contributed by atoms with Crippen molar-refractivity contribution in [2.24, 2.45) is 11.3 Å². The van der Waals surface area contributed by atoms with Crippen LogP contribution < -0.4 is 5.73 Å². The van der Waals surface area contributed by atoms with Crippen LogP contribution in [0.4, 0.5) is 5.69 Å². The monoisotopic (exact) mass is 262 g/mol. The Kier molecular flexibility index (Phi) is 3.78. The van der Waals surface area contributed by atoms with Gasteiger partial charge in [0.05, 0.1) is 11.3 Å². The van der Waals surface area contributed by atoms with Gasteiger partial charge < -0.3 is 10.5 Å². The number of nitrogens with zero attached hydrogens (tertiary/aromatic N) is 1. The minimum absolute atomic E-state index is 0.00678. The van der Waals surface area contributed by atoms with E-state index in [0.29, 0.717) is 17.2 Å². The molecule has 0 spiro atoms. The average molecular weight is 262 g/mol. The number of ether oxygens (including phenoxy) is 1. The van der Waals surface area contributed by atoms with Crippen LogP contribution in [-0.2, 0) is 4.74 Å². The number of nitrogens with two attached hydrogens (primary N) is 1. The summed E-state index contributed by atoms with van der Waals surface area (Å²) < 4.78 is 5.60. The molecule has 2 rings (SSSR count). The van der Waals surface area contributed by atoms with E-state index in [-0.39, 0.29) is 17.5 Å². The Morgan fingerprint density at radius 1 is 1.42 bits per heavy atom. The lowest BCUT2D eigenvalue weighted by Gasteiger charge is -2.38. The van der Waals surface area contributed by atoms with Gasteiger partial charge in [0, 0.05) is 12.4 Å². The van der Waals surface area contributed by atoms with E-state index < -0.39 is 0 Å². The summed E-state index contributed by atoms with van der Waals surface area (Å²) in [5.74, 6) is 0.259. The molecule has 1 aromatic heterocycles. The highest BCUT2D eigenvalue weighted by atomic mass is 16.5. The molecule has 2 N–H and O–H groups in total. The molecule has 2 unspecified atom stereocenters. The van der Waals surface area contributed by atoms with Crippen LogP contribution in [0.1, 0.15) is 50.4 Å². The van der Waals surface area contributed by atoms with Crippen LogP contribution in [-0.4, -0.2) is 17.1 Å². The molecular formula is C15H22N2O2. The predicted octanol–water partition coefficient (Wildman–Crippen LogP) is 3.04. The Morgan fingerprint density at radius 3 is 2.79 bits per heavy atom. The van der Waals surface area contributed by atoms with Crippen molar-refractivity contribution in [3.05, 3.63) is 24.0 Å². The highest BCUT2D eigenvalue weighted by Crippen LogP contribution is 2.39. The van der Waals surface area contributed by atoms with Crippen LogP contribution in [0.15, 0.2) is 18.5 Å². The second-order valence-corrected chi connectivity index (χ2v) is 6.45. The van der Waals surface area contributed by atoms with E-state index >= 15 is 0 Å². The molecule has 1 heterocycles. The topological polar surface area (TPSA) is 65.2 Å². The Bertz CT molecular complexity index is 471. The minimum atomic E-state index is -0.324. The Hall–Kier alpha value is -1.58. The lowest BCUT2D eigenvalue weighted by Crippen LogP contribution is -2.34. The van der Waals surface area contributed by atoms with E-state index in [4.69, 9.17) is 10.5 Å². The first-order valence-electron chi connectivity index (χ1n) is 6.77. The van der Waals surface area contributed by atoms with Crippen LogP contribution in [0.3, 0.4) is 0 Å². The fourth-order valence-electron chi connectivity index (χ4n) is 3.14. The number of rotatable bonds is 2. The van der Waals surface area contributed by atoms with Gasteiger partial charge in [-0.1, -0.05) is 20.8 Å². The molecule has 2 atom stereocenters. The number of esters is 1. The molecule has 0 bridgehead atoms. The third-order valence-corrected chi connectivity index (χ3v) is 3.62. The van der Waals surface area contributed by atoms with Gasteiger partial charge in [-0.25, -0.2) is 4.79 Å². The van der Waals surface area contributed by atoms with Gasteiger partial charge in [0.1, 0.15) is 6.10 Å². The van der Waals surface area contributed by atoms with Crippen LogP contribution >= 0.6 is 0 Å². The molecule has 0 aliphatic heterocycles. The van der Waals surface area contributed by atoms with Crippen molar-refractivity contribution in [3.8, 4) is 0 Å². The summed E-state index contributed by atoms with van der Waals surface area (Å²) in [6.07, 6.45) is 6.04. The van der Waals surface area contributed by atoms with Gasteiger partial charge >= 0.3 is 5.97 Å². The molecule has 1 aliphatic rings. The minimum Gasteiger partial charge on any atom is -0.459 e. The first-order valence-corrected chi connectivity index (χ1v) is 6.77. The molecule has 1 aromatic rings. The van der Waals surface area contributed by atoms with Crippen molar-refractivity contribution in [2.45, 2.75) is 46.1 Å².